The van der Waals surface area contributed by atoms with Gasteiger partial charge in [-0.2, -0.15) is 5.10 Å². The molecule has 1 aromatic heterocycles. The molecule has 140 valence electrons. The van der Waals surface area contributed by atoms with Crippen molar-refractivity contribution >= 4 is 11.8 Å². The molecular formula is C17H19F3N4O2. The van der Waals surface area contributed by atoms with Crippen molar-refractivity contribution in [2.24, 2.45) is 0 Å². The molecule has 0 radical (unpaired) electrons. The summed E-state index contributed by atoms with van der Waals surface area (Å²) in [5.74, 6) is -5.50. The van der Waals surface area contributed by atoms with Gasteiger partial charge in [0, 0.05) is 18.3 Å². The first kappa shape index (κ1) is 19.5. The molecule has 6 nitrogen and oxygen atoms in total. The molecular weight excluding hydrogens is 349 g/mol. The van der Waals surface area contributed by atoms with E-state index in [1.165, 1.54) is 6.20 Å². The highest BCUT2D eigenvalue weighted by Gasteiger charge is 2.22. The Morgan fingerprint density at radius 1 is 1.15 bits per heavy atom. The van der Waals surface area contributed by atoms with Crippen LogP contribution >= 0.6 is 0 Å². The molecule has 3 N–H and O–H groups in total. The molecule has 26 heavy (non-hydrogen) atoms. The zero-order chi connectivity index (χ0) is 19.3. The number of hydrogen-bond donors (Lipinski definition) is 3. The minimum atomic E-state index is -1.55. The number of carbonyl (C=O) groups excluding carboxylic acids is 2. The van der Waals surface area contributed by atoms with Gasteiger partial charge in [0.05, 0.1) is 11.8 Å². The van der Waals surface area contributed by atoms with Crippen molar-refractivity contribution in [3.8, 4) is 0 Å². The molecule has 2 amide bonds. The Kier molecular flexibility index (Phi) is 6.37. The first-order valence-corrected chi connectivity index (χ1v) is 8.13. The monoisotopic (exact) mass is 368 g/mol. The third kappa shape index (κ3) is 4.22. The first-order valence-electron chi connectivity index (χ1n) is 8.13. The van der Waals surface area contributed by atoms with E-state index in [0.29, 0.717) is 36.2 Å². The molecule has 0 saturated carbocycles. The number of aryl methyl sites for hydroxylation is 1. The quantitative estimate of drug-likeness (QED) is 0.656. The van der Waals surface area contributed by atoms with E-state index in [2.05, 4.69) is 20.8 Å². The second kappa shape index (κ2) is 8.50. The number of aromatic nitrogens is 2. The highest BCUT2D eigenvalue weighted by molar-refractivity contribution is 5.96. The molecule has 0 aliphatic heterocycles. The summed E-state index contributed by atoms with van der Waals surface area (Å²) in [6.07, 6.45) is 2.45. The van der Waals surface area contributed by atoms with Gasteiger partial charge in [0.1, 0.15) is 11.4 Å². The molecule has 1 unspecified atom stereocenters. The third-order valence-electron chi connectivity index (χ3n) is 3.92. The molecule has 0 saturated heterocycles. The largest absolute Gasteiger partial charge is 0.350 e. The van der Waals surface area contributed by atoms with Gasteiger partial charge in [-0.15, -0.1) is 0 Å². The van der Waals surface area contributed by atoms with Gasteiger partial charge in [0.2, 0.25) is 0 Å². The highest BCUT2D eigenvalue weighted by atomic mass is 19.2. The van der Waals surface area contributed by atoms with Crippen molar-refractivity contribution in [3.05, 3.63) is 52.6 Å². The molecule has 0 spiro atoms. The van der Waals surface area contributed by atoms with Gasteiger partial charge >= 0.3 is 0 Å². The topological polar surface area (TPSA) is 86.9 Å². The van der Waals surface area contributed by atoms with Crippen molar-refractivity contribution in [1.29, 1.82) is 0 Å². The predicted molar refractivity (Wildman–Crippen MR) is 88.2 cm³/mol. The van der Waals surface area contributed by atoms with Gasteiger partial charge in [0.25, 0.3) is 11.8 Å². The van der Waals surface area contributed by atoms with Crippen molar-refractivity contribution in [3.63, 3.8) is 0 Å². The minimum Gasteiger partial charge on any atom is -0.350 e. The number of nitrogens with one attached hydrogen (secondary N) is 3. The lowest BCUT2D eigenvalue weighted by molar-refractivity contribution is 0.0902. The number of carbonyl (C=O) groups is 2. The van der Waals surface area contributed by atoms with Crippen molar-refractivity contribution in [2.45, 2.75) is 32.7 Å². The summed E-state index contributed by atoms with van der Waals surface area (Å²) in [7, 11) is 0. The fraction of sp³-hybridized carbons (Fsp3) is 0.353. The van der Waals surface area contributed by atoms with Crippen LogP contribution in [0.25, 0.3) is 0 Å². The van der Waals surface area contributed by atoms with Gasteiger partial charge in [-0.25, -0.2) is 13.2 Å². The number of H-pyrrole nitrogens is 1. The Labute approximate surface area is 148 Å². The van der Waals surface area contributed by atoms with E-state index >= 15 is 0 Å². The van der Waals surface area contributed by atoms with Crippen LogP contribution in [0.3, 0.4) is 0 Å². The maximum atomic E-state index is 13.6. The molecule has 9 heteroatoms. The second-order valence-corrected chi connectivity index (χ2v) is 5.62. The number of amides is 2. The molecule has 0 aliphatic carbocycles. The molecule has 0 aliphatic rings. The summed E-state index contributed by atoms with van der Waals surface area (Å²) in [5, 5.41) is 11.6. The lowest BCUT2D eigenvalue weighted by Crippen LogP contribution is -2.43. The van der Waals surface area contributed by atoms with Crippen LogP contribution in [0.15, 0.2) is 18.3 Å². The maximum Gasteiger partial charge on any atom is 0.257 e. The lowest BCUT2D eigenvalue weighted by Gasteiger charge is -2.18. The van der Waals surface area contributed by atoms with E-state index in [1.807, 2.05) is 6.92 Å². The smallest absolute Gasteiger partial charge is 0.257 e. The van der Waals surface area contributed by atoms with E-state index in [4.69, 9.17) is 0 Å². The van der Waals surface area contributed by atoms with Gasteiger partial charge in [-0.1, -0.05) is 13.8 Å². The van der Waals surface area contributed by atoms with Gasteiger partial charge < -0.3 is 10.6 Å². The summed E-state index contributed by atoms with van der Waals surface area (Å²) in [4.78, 5) is 24.3. The van der Waals surface area contributed by atoms with Crippen LogP contribution in [0, 0.1) is 17.5 Å². The Bertz CT molecular complexity index is 807. The van der Waals surface area contributed by atoms with Crippen LogP contribution in [-0.2, 0) is 6.42 Å². The SMILES string of the molecule is CCc1[nH]ncc1C(=O)NC(CC)CNC(=O)c1c(F)ccc(F)c1F. The summed E-state index contributed by atoms with van der Waals surface area (Å²) in [6, 6.07) is 0.801. The van der Waals surface area contributed by atoms with Crippen LogP contribution in [-0.4, -0.2) is 34.6 Å². The zero-order valence-electron chi connectivity index (χ0n) is 14.3. The molecule has 0 fully saturated rings. The number of benzene rings is 1. The molecule has 1 heterocycles. The van der Waals surface area contributed by atoms with E-state index < -0.39 is 35.0 Å². The number of nitrogens with zero attached hydrogens (tertiary/aromatic N) is 1. The summed E-state index contributed by atoms with van der Waals surface area (Å²) in [5.41, 5.74) is 0.0686. The number of rotatable bonds is 7. The lowest BCUT2D eigenvalue weighted by atomic mass is 10.1. The van der Waals surface area contributed by atoms with Crippen LogP contribution in [0.2, 0.25) is 0 Å². The standard InChI is InChI=1S/C17H19F3N4O2/c1-3-9(23-16(25)10-8-22-24-13(10)4-2)7-21-17(26)14-11(18)5-6-12(19)15(14)20/h5-6,8-9H,3-4,7H2,1-2H3,(H,21,26)(H,22,24)(H,23,25). The predicted octanol–water partition coefficient (Wildman–Crippen LogP) is 2.33. The molecule has 1 aromatic carbocycles. The van der Waals surface area contributed by atoms with Crippen LogP contribution < -0.4 is 10.6 Å². The van der Waals surface area contributed by atoms with E-state index in [-0.39, 0.29) is 12.5 Å². The van der Waals surface area contributed by atoms with E-state index in [0.717, 1.165) is 0 Å². The number of aromatic amines is 1. The number of halogens is 3. The molecule has 1 atom stereocenters. The molecule has 2 aromatic rings. The normalized spacial score (nSPS) is 11.9. The first-order chi connectivity index (χ1) is 12.4. The summed E-state index contributed by atoms with van der Waals surface area (Å²) in [6.45, 7) is 3.57. The van der Waals surface area contributed by atoms with Crippen LogP contribution in [0.4, 0.5) is 13.2 Å². The highest BCUT2D eigenvalue weighted by Crippen LogP contribution is 2.15. The fourth-order valence-corrected chi connectivity index (χ4v) is 2.38. The van der Waals surface area contributed by atoms with Gasteiger partial charge in [0.15, 0.2) is 11.6 Å². The Hall–Kier alpha value is -2.84. The zero-order valence-corrected chi connectivity index (χ0v) is 14.3. The summed E-state index contributed by atoms with van der Waals surface area (Å²) >= 11 is 0. The maximum absolute atomic E-state index is 13.6. The van der Waals surface area contributed by atoms with Crippen molar-refractivity contribution in [1.82, 2.24) is 20.8 Å². The van der Waals surface area contributed by atoms with Crippen molar-refractivity contribution < 1.29 is 22.8 Å². The fourth-order valence-electron chi connectivity index (χ4n) is 2.38. The average molecular weight is 368 g/mol. The van der Waals surface area contributed by atoms with Crippen LogP contribution in [0.5, 0.6) is 0 Å². The third-order valence-corrected chi connectivity index (χ3v) is 3.92. The van der Waals surface area contributed by atoms with E-state index in [9.17, 15) is 22.8 Å². The van der Waals surface area contributed by atoms with Gasteiger partial charge in [-0.3, -0.25) is 14.7 Å². The number of hydrogen-bond acceptors (Lipinski definition) is 3. The minimum absolute atomic E-state index is 0.0736. The summed E-state index contributed by atoms with van der Waals surface area (Å²) < 4.78 is 40.5. The average Bonchev–Trinajstić information content (AvgIpc) is 3.10. The Balaban J connectivity index is 2.02. The molecule has 2 rings (SSSR count). The van der Waals surface area contributed by atoms with Gasteiger partial charge in [-0.05, 0) is 25.0 Å². The second-order valence-electron chi connectivity index (χ2n) is 5.62. The van der Waals surface area contributed by atoms with Crippen LogP contribution in [0.1, 0.15) is 46.7 Å². The Morgan fingerprint density at radius 3 is 2.50 bits per heavy atom. The van der Waals surface area contributed by atoms with E-state index in [1.54, 1.807) is 6.92 Å². The van der Waals surface area contributed by atoms with Crippen molar-refractivity contribution in [2.75, 3.05) is 6.54 Å². The molecule has 0 bridgehead atoms. The Morgan fingerprint density at radius 2 is 1.85 bits per heavy atom.